The molecule has 0 aliphatic carbocycles. The highest BCUT2D eigenvalue weighted by molar-refractivity contribution is 7.14. The highest BCUT2D eigenvalue weighted by atomic mass is 32.1. The minimum absolute atomic E-state index is 0.0497. The lowest BCUT2D eigenvalue weighted by atomic mass is 10.2. The summed E-state index contributed by atoms with van der Waals surface area (Å²) in [6.07, 6.45) is 2.30. The fraction of sp³-hybridized carbons (Fsp3) is 0.250. The van der Waals surface area contributed by atoms with Crippen LogP contribution in [0.25, 0.3) is 11.3 Å². The SMILES string of the molecule is O=C(O)c1cn(C2CCN(c3nc(-c4ccc(F)cc4)cs3)C2)nn1. The Hall–Kier alpha value is -2.81. The predicted octanol–water partition coefficient (Wildman–Crippen LogP) is 2.69. The number of hydrogen-bond acceptors (Lipinski definition) is 6. The fourth-order valence-electron chi connectivity index (χ4n) is 2.85. The van der Waals surface area contributed by atoms with E-state index in [0.29, 0.717) is 6.54 Å². The van der Waals surface area contributed by atoms with Gasteiger partial charge in [0.05, 0.1) is 17.9 Å². The van der Waals surface area contributed by atoms with Crippen LogP contribution in [0.4, 0.5) is 9.52 Å². The maximum Gasteiger partial charge on any atom is 0.358 e. The van der Waals surface area contributed by atoms with Crippen LogP contribution in [0.2, 0.25) is 0 Å². The third kappa shape index (κ3) is 3.10. The first-order valence-corrected chi connectivity index (χ1v) is 8.59. The van der Waals surface area contributed by atoms with E-state index in [4.69, 9.17) is 5.11 Å². The molecule has 1 fully saturated rings. The van der Waals surface area contributed by atoms with Crippen LogP contribution in [0.5, 0.6) is 0 Å². The Morgan fingerprint density at radius 3 is 2.84 bits per heavy atom. The third-order valence-electron chi connectivity index (χ3n) is 4.17. The van der Waals surface area contributed by atoms with E-state index in [9.17, 15) is 9.18 Å². The number of anilines is 1. The van der Waals surface area contributed by atoms with Crippen molar-refractivity contribution in [1.82, 2.24) is 20.0 Å². The first-order valence-electron chi connectivity index (χ1n) is 7.72. The molecule has 4 rings (SSSR count). The number of nitrogens with zero attached hydrogens (tertiary/aromatic N) is 5. The molecule has 0 radical (unpaired) electrons. The quantitative estimate of drug-likeness (QED) is 0.771. The van der Waals surface area contributed by atoms with Crippen molar-refractivity contribution >= 4 is 22.4 Å². The molecule has 1 atom stereocenters. The second-order valence-electron chi connectivity index (χ2n) is 5.80. The molecule has 1 unspecified atom stereocenters. The van der Waals surface area contributed by atoms with Crippen molar-refractivity contribution in [3.63, 3.8) is 0 Å². The van der Waals surface area contributed by atoms with Crippen molar-refractivity contribution in [3.8, 4) is 11.3 Å². The Bertz CT molecular complexity index is 907. The zero-order chi connectivity index (χ0) is 17.4. The van der Waals surface area contributed by atoms with Gasteiger partial charge in [0.2, 0.25) is 0 Å². The topological polar surface area (TPSA) is 84.1 Å². The van der Waals surface area contributed by atoms with Gasteiger partial charge in [0.15, 0.2) is 10.8 Å². The molecule has 1 aromatic carbocycles. The molecule has 0 bridgehead atoms. The maximum atomic E-state index is 13.0. The minimum atomic E-state index is -1.08. The lowest BCUT2D eigenvalue weighted by Crippen LogP contribution is -2.20. The molecule has 25 heavy (non-hydrogen) atoms. The summed E-state index contributed by atoms with van der Waals surface area (Å²) in [4.78, 5) is 17.7. The van der Waals surface area contributed by atoms with Gasteiger partial charge >= 0.3 is 5.97 Å². The molecular weight excluding hydrogens is 345 g/mol. The van der Waals surface area contributed by atoms with Gasteiger partial charge in [0.25, 0.3) is 0 Å². The van der Waals surface area contributed by atoms with Crippen molar-refractivity contribution < 1.29 is 14.3 Å². The standard InChI is InChI=1S/C16H14FN5O2S/c17-11-3-1-10(2-4-11)14-9-25-16(18-14)21-6-5-12(7-21)22-8-13(15(23)24)19-20-22/h1-4,8-9,12H,5-7H2,(H,23,24). The summed E-state index contributed by atoms with van der Waals surface area (Å²) < 4.78 is 14.6. The second kappa shape index (κ2) is 6.25. The zero-order valence-corrected chi connectivity index (χ0v) is 13.9. The van der Waals surface area contributed by atoms with E-state index in [-0.39, 0.29) is 17.6 Å². The van der Waals surface area contributed by atoms with Crippen LogP contribution in [-0.4, -0.2) is 44.1 Å². The number of hydrogen-bond donors (Lipinski definition) is 1. The maximum absolute atomic E-state index is 13.0. The Balaban J connectivity index is 1.48. The summed E-state index contributed by atoms with van der Waals surface area (Å²) in [7, 11) is 0. The Labute approximate surface area is 146 Å². The highest BCUT2D eigenvalue weighted by Gasteiger charge is 2.27. The van der Waals surface area contributed by atoms with Crippen molar-refractivity contribution in [2.75, 3.05) is 18.0 Å². The molecule has 1 saturated heterocycles. The molecule has 1 aliphatic heterocycles. The Morgan fingerprint density at radius 2 is 2.12 bits per heavy atom. The van der Waals surface area contributed by atoms with Gasteiger partial charge in [-0.2, -0.15) is 0 Å². The average Bonchev–Trinajstić information content (AvgIpc) is 3.34. The summed E-state index contributed by atoms with van der Waals surface area (Å²) in [5, 5.41) is 19.4. The molecule has 3 heterocycles. The molecule has 2 aromatic heterocycles. The van der Waals surface area contributed by atoms with Gasteiger partial charge in [-0.3, -0.25) is 0 Å². The van der Waals surface area contributed by atoms with Gasteiger partial charge in [-0.1, -0.05) is 5.21 Å². The van der Waals surface area contributed by atoms with Gasteiger partial charge < -0.3 is 10.0 Å². The van der Waals surface area contributed by atoms with Gasteiger partial charge in [-0.25, -0.2) is 18.9 Å². The van der Waals surface area contributed by atoms with Gasteiger partial charge in [0, 0.05) is 24.0 Å². The summed E-state index contributed by atoms with van der Waals surface area (Å²) >= 11 is 1.53. The first kappa shape index (κ1) is 15.7. The van der Waals surface area contributed by atoms with E-state index in [1.807, 2.05) is 5.38 Å². The molecule has 0 saturated carbocycles. The number of carboxylic acids is 1. The lowest BCUT2D eigenvalue weighted by molar-refractivity contribution is 0.0690. The van der Waals surface area contributed by atoms with E-state index in [1.165, 1.54) is 29.7 Å². The molecule has 1 aliphatic rings. The second-order valence-corrected chi connectivity index (χ2v) is 6.64. The largest absolute Gasteiger partial charge is 0.476 e. The number of thiazole rings is 1. The molecule has 9 heteroatoms. The van der Waals surface area contributed by atoms with Crippen LogP contribution in [0.3, 0.4) is 0 Å². The molecule has 7 nitrogen and oxygen atoms in total. The minimum Gasteiger partial charge on any atom is -0.476 e. The van der Waals surface area contributed by atoms with Crippen molar-refractivity contribution in [3.05, 3.63) is 47.4 Å². The number of halogens is 1. The first-order chi connectivity index (χ1) is 12.1. The van der Waals surface area contributed by atoms with Crippen LogP contribution in [0.15, 0.2) is 35.8 Å². The van der Waals surface area contributed by atoms with Crippen LogP contribution < -0.4 is 4.90 Å². The van der Waals surface area contributed by atoms with E-state index < -0.39 is 5.97 Å². The van der Waals surface area contributed by atoms with Gasteiger partial charge in [-0.05, 0) is 30.7 Å². The van der Waals surface area contributed by atoms with Crippen molar-refractivity contribution in [1.29, 1.82) is 0 Å². The number of aromatic carboxylic acids is 1. The molecular formula is C16H14FN5O2S. The summed E-state index contributed by atoms with van der Waals surface area (Å²) in [6, 6.07) is 6.34. The number of carboxylic acid groups (broad SMARTS) is 1. The molecule has 0 amide bonds. The molecule has 3 aromatic rings. The summed E-state index contributed by atoms with van der Waals surface area (Å²) in [5.41, 5.74) is 1.64. The van der Waals surface area contributed by atoms with Crippen LogP contribution >= 0.6 is 11.3 Å². The normalized spacial score (nSPS) is 17.2. The monoisotopic (exact) mass is 359 g/mol. The van der Waals surface area contributed by atoms with Gasteiger partial charge in [-0.15, -0.1) is 16.4 Å². The molecule has 1 N–H and O–H groups in total. The smallest absolute Gasteiger partial charge is 0.358 e. The van der Waals surface area contributed by atoms with Crippen molar-refractivity contribution in [2.24, 2.45) is 0 Å². The fourth-order valence-corrected chi connectivity index (χ4v) is 3.72. The Morgan fingerprint density at radius 1 is 1.32 bits per heavy atom. The number of benzene rings is 1. The summed E-state index contributed by atoms with van der Waals surface area (Å²) in [6.45, 7) is 1.50. The summed E-state index contributed by atoms with van der Waals surface area (Å²) in [5.74, 6) is -1.35. The highest BCUT2D eigenvalue weighted by Crippen LogP contribution is 2.32. The zero-order valence-electron chi connectivity index (χ0n) is 13.0. The number of carbonyl (C=O) groups is 1. The lowest BCUT2D eigenvalue weighted by Gasteiger charge is -2.14. The average molecular weight is 359 g/mol. The van der Waals surface area contributed by atoms with E-state index in [2.05, 4.69) is 20.2 Å². The van der Waals surface area contributed by atoms with Crippen LogP contribution in [0, 0.1) is 5.82 Å². The predicted molar refractivity (Wildman–Crippen MR) is 90.4 cm³/mol. The number of aromatic nitrogens is 4. The number of rotatable bonds is 4. The van der Waals surface area contributed by atoms with Crippen molar-refractivity contribution in [2.45, 2.75) is 12.5 Å². The Kier molecular flexibility index (Phi) is 3.92. The van der Waals surface area contributed by atoms with E-state index in [0.717, 1.165) is 29.4 Å². The van der Waals surface area contributed by atoms with Crippen LogP contribution in [0.1, 0.15) is 23.0 Å². The third-order valence-corrected chi connectivity index (χ3v) is 5.07. The van der Waals surface area contributed by atoms with E-state index >= 15 is 0 Å². The molecule has 128 valence electrons. The van der Waals surface area contributed by atoms with E-state index in [1.54, 1.807) is 16.8 Å². The van der Waals surface area contributed by atoms with Gasteiger partial charge in [0.1, 0.15) is 5.82 Å². The van der Waals surface area contributed by atoms with Crippen LogP contribution in [-0.2, 0) is 0 Å². The molecule has 0 spiro atoms.